The Balaban J connectivity index is 1.88. The van der Waals surface area contributed by atoms with Crippen LogP contribution in [0.25, 0.3) is 11.1 Å². The number of ether oxygens (including phenoxy) is 4. The molecule has 0 aromatic heterocycles. The number of benzene rings is 2. The molecule has 0 spiro atoms. The SMILES string of the molecule is COc1cc2c(c(OC)c1OC)-c1ccc(OC)c(=O)cc1[C@@H](N(C)C(=O)c1cccc(CO[N+](=O)[O-])c1)CC2. The lowest BCUT2D eigenvalue weighted by Gasteiger charge is -2.28. The van der Waals surface area contributed by atoms with Crippen molar-refractivity contribution in [3.63, 3.8) is 0 Å². The van der Waals surface area contributed by atoms with Crippen molar-refractivity contribution in [2.24, 2.45) is 0 Å². The summed E-state index contributed by atoms with van der Waals surface area (Å²) in [7, 11) is 7.69. The molecule has 11 heteroatoms. The highest BCUT2D eigenvalue weighted by molar-refractivity contribution is 5.95. The first-order valence-electron chi connectivity index (χ1n) is 12.4. The fraction of sp³-hybridized carbons (Fsp3) is 0.310. The van der Waals surface area contributed by atoms with Gasteiger partial charge < -0.3 is 28.7 Å². The smallest absolute Gasteiger partial charge is 0.294 e. The molecule has 0 N–H and O–H groups in total. The fourth-order valence-electron chi connectivity index (χ4n) is 5.12. The minimum Gasteiger partial charge on any atom is -0.493 e. The summed E-state index contributed by atoms with van der Waals surface area (Å²) in [5, 5.41) is 9.74. The fourth-order valence-corrected chi connectivity index (χ4v) is 5.12. The molecule has 0 bridgehead atoms. The highest BCUT2D eigenvalue weighted by Gasteiger charge is 2.32. The van der Waals surface area contributed by atoms with Crippen molar-refractivity contribution in [3.05, 3.63) is 91.1 Å². The minimum atomic E-state index is -0.881. The molecular weight excluding hydrogens is 520 g/mol. The standard InChI is InChI=1S/C29H30N2O9/c1-30(29(33)19-8-6-7-17(13-19)16-40-31(34)35)22-11-9-18-14-25(37-3)27(38-4)28(39-5)26(18)20-10-12-24(36-2)23(32)15-21(20)22/h6-8,10,12-15,22H,9,11,16H2,1-5H3/t22-/m0/s1. The van der Waals surface area contributed by atoms with Crippen molar-refractivity contribution in [2.45, 2.75) is 25.5 Å². The average molecular weight is 551 g/mol. The number of carbonyl (C=O) groups is 1. The summed E-state index contributed by atoms with van der Waals surface area (Å²) in [6.07, 6.45) is 1.02. The number of methoxy groups -OCH3 is 4. The van der Waals surface area contributed by atoms with Crippen LogP contribution >= 0.6 is 0 Å². The van der Waals surface area contributed by atoms with Gasteiger partial charge in [0.2, 0.25) is 11.2 Å². The van der Waals surface area contributed by atoms with Gasteiger partial charge in [0, 0.05) is 18.2 Å². The van der Waals surface area contributed by atoms with E-state index >= 15 is 0 Å². The molecule has 11 nitrogen and oxygen atoms in total. The number of nitrogens with zero attached hydrogens (tertiary/aromatic N) is 2. The first-order chi connectivity index (χ1) is 19.2. The number of hydrogen-bond acceptors (Lipinski definition) is 9. The Hall–Kier alpha value is -4.80. The van der Waals surface area contributed by atoms with E-state index in [1.165, 1.54) is 27.4 Å². The van der Waals surface area contributed by atoms with Crippen molar-refractivity contribution in [2.75, 3.05) is 35.5 Å². The lowest BCUT2D eigenvalue weighted by molar-refractivity contribution is -0.763. The molecule has 40 heavy (non-hydrogen) atoms. The average Bonchev–Trinajstić information content (AvgIpc) is 3.21. The number of fused-ring (bicyclic) bond motifs is 3. The summed E-state index contributed by atoms with van der Waals surface area (Å²) in [6, 6.07) is 12.7. The molecule has 3 aromatic rings. The summed E-state index contributed by atoms with van der Waals surface area (Å²) in [6.45, 7) is -0.280. The van der Waals surface area contributed by atoms with E-state index in [1.807, 2.05) is 6.07 Å². The van der Waals surface area contributed by atoms with E-state index < -0.39 is 11.1 Å². The maximum absolute atomic E-state index is 13.7. The first-order valence-corrected chi connectivity index (χ1v) is 12.4. The predicted molar refractivity (Wildman–Crippen MR) is 146 cm³/mol. The lowest BCUT2D eigenvalue weighted by Crippen LogP contribution is -2.32. The maximum atomic E-state index is 13.7. The Morgan fingerprint density at radius 2 is 1.70 bits per heavy atom. The second kappa shape index (κ2) is 11.9. The molecule has 0 heterocycles. The molecule has 210 valence electrons. The van der Waals surface area contributed by atoms with Crippen LogP contribution in [0.1, 0.15) is 39.5 Å². The van der Waals surface area contributed by atoms with E-state index in [2.05, 4.69) is 4.84 Å². The third kappa shape index (κ3) is 5.35. The zero-order valence-corrected chi connectivity index (χ0v) is 22.9. The van der Waals surface area contributed by atoms with Gasteiger partial charge >= 0.3 is 0 Å². The molecule has 0 radical (unpaired) electrons. The molecule has 0 fully saturated rings. The zero-order chi connectivity index (χ0) is 29.0. The van der Waals surface area contributed by atoms with Crippen LogP contribution in [0.2, 0.25) is 0 Å². The van der Waals surface area contributed by atoms with Crippen LogP contribution in [0.5, 0.6) is 23.0 Å². The number of hydrogen-bond donors (Lipinski definition) is 0. The van der Waals surface area contributed by atoms with Crippen molar-refractivity contribution in [1.82, 2.24) is 4.90 Å². The molecular formula is C29H30N2O9. The van der Waals surface area contributed by atoms with Crippen LogP contribution in [0.15, 0.2) is 53.3 Å². The Morgan fingerprint density at radius 1 is 0.975 bits per heavy atom. The number of aryl methyl sites for hydroxylation is 1. The van der Waals surface area contributed by atoms with Crippen LogP contribution in [0, 0.1) is 10.1 Å². The van der Waals surface area contributed by atoms with Crippen LogP contribution in [0.3, 0.4) is 0 Å². The monoisotopic (exact) mass is 550 g/mol. The van der Waals surface area contributed by atoms with Gasteiger partial charge in [-0.05, 0) is 65.4 Å². The normalized spacial score (nSPS) is 13.7. The second-order valence-corrected chi connectivity index (χ2v) is 9.13. The van der Waals surface area contributed by atoms with E-state index in [4.69, 9.17) is 18.9 Å². The van der Waals surface area contributed by atoms with Gasteiger partial charge in [-0.2, -0.15) is 0 Å². The van der Waals surface area contributed by atoms with Crippen LogP contribution < -0.4 is 24.4 Å². The van der Waals surface area contributed by atoms with E-state index in [0.29, 0.717) is 52.3 Å². The zero-order valence-electron chi connectivity index (χ0n) is 22.9. The minimum absolute atomic E-state index is 0.153. The molecule has 4 rings (SSSR count). The first kappa shape index (κ1) is 28.2. The van der Waals surface area contributed by atoms with E-state index in [-0.39, 0.29) is 23.7 Å². The predicted octanol–water partition coefficient (Wildman–Crippen LogP) is 4.22. The Kier molecular flexibility index (Phi) is 8.42. The van der Waals surface area contributed by atoms with Gasteiger partial charge in [0.25, 0.3) is 11.0 Å². The summed E-state index contributed by atoms with van der Waals surface area (Å²) >= 11 is 0. The topological polar surface area (TPSA) is 127 Å². The van der Waals surface area contributed by atoms with Crippen molar-refractivity contribution >= 4 is 5.91 Å². The van der Waals surface area contributed by atoms with Crippen LogP contribution in [-0.2, 0) is 17.9 Å². The van der Waals surface area contributed by atoms with Crippen molar-refractivity contribution in [1.29, 1.82) is 0 Å². The molecule has 1 aliphatic rings. The van der Waals surface area contributed by atoms with Gasteiger partial charge in [-0.3, -0.25) is 9.59 Å². The van der Waals surface area contributed by atoms with Crippen LogP contribution in [0.4, 0.5) is 0 Å². The maximum Gasteiger partial charge on any atom is 0.294 e. The molecule has 1 aliphatic carbocycles. The highest BCUT2D eigenvalue weighted by Crippen LogP contribution is 2.51. The van der Waals surface area contributed by atoms with Gasteiger partial charge in [0.1, 0.15) is 6.61 Å². The molecule has 0 saturated carbocycles. The Morgan fingerprint density at radius 3 is 2.35 bits per heavy atom. The molecule has 0 unspecified atom stereocenters. The third-order valence-corrected chi connectivity index (χ3v) is 6.99. The molecule has 1 amide bonds. The van der Waals surface area contributed by atoms with Gasteiger partial charge in [0.15, 0.2) is 17.2 Å². The molecule has 1 atom stereocenters. The highest BCUT2D eigenvalue weighted by atomic mass is 16.9. The molecule has 0 aliphatic heterocycles. The lowest BCUT2D eigenvalue weighted by atomic mass is 9.95. The van der Waals surface area contributed by atoms with Gasteiger partial charge in [-0.15, -0.1) is 10.1 Å². The number of carbonyl (C=O) groups excluding carboxylic acids is 1. The van der Waals surface area contributed by atoms with E-state index in [9.17, 15) is 19.7 Å². The Bertz CT molecular complexity index is 1510. The largest absolute Gasteiger partial charge is 0.493 e. The summed E-state index contributed by atoms with van der Waals surface area (Å²) in [5.41, 5.74) is 3.40. The van der Waals surface area contributed by atoms with Crippen molar-refractivity contribution < 1.29 is 33.7 Å². The molecule has 0 saturated heterocycles. The third-order valence-electron chi connectivity index (χ3n) is 6.99. The summed E-state index contributed by atoms with van der Waals surface area (Å²) in [5.74, 6) is 1.19. The molecule has 3 aromatic carbocycles. The second-order valence-electron chi connectivity index (χ2n) is 9.13. The van der Waals surface area contributed by atoms with Gasteiger partial charge in [-0.1, -0.05) is 18.2 Å². The Labute approximate surface area is 230 Å². The quantitative estimate of drug-likeness (QED) is 0.284. The van der Waals surface area contributed by atoms with E-state index in [1.54, 1.807) is 55.5 Å². The summed E-state index contributed by atoms with van der Waals surface area (Å²) in [4.78, 5) is 43.5. The van der Waals surface area contributed by atoms with Gasteiger partial charge in [-0.25, -0.2) is 0 Å². The number of rotatable bonds is 9. The van der Waals surface area contributed by atoms with Crippen LogP contribution in [-0.4, -0.2) is 51.4 Å². The van der Waals surface area contributed by atoms with Gasteiger partial charge in [0.05, 0.1) is 34.5 Å². The van der Waals surface area contributed by atoms with E-state index in [0.717, 1.165) is 11.1 Å². The summed E-state index contributed by atoms with van der Waals surface area (Å²) < 4.78 is 22.3. The van der Waals surface area contributed by atoms with Crippen molar-refractivity contribution in [3.8, 4) is 34.1 Å². The number of amides is 1.